The van der Waals surface area contributed by atoms with Gasteiger partial charge in [-0.25, -0.2) is 0 Å². The molecule has 0 aliphatic heterocycles. The van der Waals surface area contributed by atoms with Crippen molar-refractivity contribution >= 4 is 28.3 Å². The molecule has 1 aliphatic rings. The van der Waals surface area contributed by atoms with Gasteiger partial charge in [-0.15, -0.1) is 12.4 Å². The van der Waals surface area contributed by atoms with Gasteiger partial charge in [0.1, 0.15) is 5.75 Å². The molecule has 3 N–H and O–H groups in total. The molecule has 1 saturated carbocycles. The van der Waals surface area contributed by atoms with E-state index in [9.17, 15) is 18.3 Å². The third-order valence-corrected chi connectivity index (χ3v) is 3.77. The lowest BCUT2D eigenvalue weighted by molar-refractivity contribution is -0.138. The molecule has 2 nitrogen and oxygen atoms in total. The first kappa shape index (κ1) is 16.6. The van der Waals surface area contributed by atoms with Crippen molar-refractivity contribution in [1.82, 2.24) is 0 Å². The lowest BCUT2D eigenvalue weighted by Crippen LogP contribution is -2.18. The van der Waals surface area contributed by atoms with Gasteiger partial charge in [0.25, 0.3) is 0 Å². The average Bonchev–Trinajstić information content (AvgIpc) is 3.03. The second-order valence-electron chi connectivity index (χ2n) is 4.64. The molecule has 0 amide bonds. The largest absolute Gasteiger partial charge is 0.506 e. The Labute approximate surface area is 123 Å². The molecule has 1 atom stereocenters. The molecule has 19 heavy (non-hydrogen) atoms. The van der Waals surface area contributed by atoms with Crippen LogP contribution in [0.4, 0.5) is 13.2 Å². The van der Waals surface area contributed by atoms with E-state index in [0.29, 0.717) is 12.3 Å². The third kappa shape index (κ3) is 3.77. The van der Waals surface area contributed by atoms with Gasteiger partial charge in [-0.05, 0) is 40.4 Å². The summed E-state index contributed by atoms with van der Waals surface area (Å²) in [7, 11) is 0. The van der Waals surface area contributed by atoms with Gasteiger partial charge in [-0.3, -0.25) is 0 Å². The number of phenols is 1. The van der Waals surface area contributed by atoms with Crippen molar-refractivity contribution in [2.24, 2.45) is 11.7 Å². The Hall–Kier alpha value is -0.460. The summed E-state index contributed by atoms with van der Waals surface area (Å²) in [5, 5.41) is 9.82. The van der Waals surface area contributed by atoms with Crippen LogP contribution in [-0.2, 0) is 6.18 Å². The molecule has 1 aromatic carbocycles. The van der Waals surface area contributed by atoms with Crippen molar-refractivity contribution in [2.75, 3.05) is 0 Å². The molecule has 0 aromatic heterocycles. The fraction of sp³-hybridized carbons (Fsp3) is 0.500. The van der Waals surface area contributed by atoms with Crippen molar-refractivity contribution in [3.63, 3.8) is 0 Å². The Morgan fingerprint density at radius 1 is 1.37 bits per heavy atom. The minimum absolute atomic E-state index is 0. The van der Waals surface area contributed by atoms with Gasteiger partial charge in [0, 0.05) is 11.6 Å². The lowest BCUT2D eigenvalue weighted by atomic mass is 9.95. The number of alkyl halides is 3. The number of hydrogen-bond donors (Lipinski definition) is 2. The van der Waals surface area contributed by atoms with Crippen molar-refractivity contribution < 1.29 is 18.3 Å². The first-order valence-corrected chi connectivity index (χ1v) is 6.44. The van der Waals surface area contributed by atoms with Crippen LogP contribution in [0.2, 0.25) is 0 Å². The van der Waals surface area contributed by atoms with Crippen molar-refractivity contribution in [3.05, 3.63) is 27.7 Å². The first-order chi connectivity index (χ1) is 8.30. The van der Waals surface area contributed by atoms with E-state index in [4.69, 9.17) is 5.73 Å². The average molecular weight is 361 g/mol. The first-order valence-electron chi connectivity index (χ1n) is 5.65. The molecule has 0 spiro atoms. The van der Waals surface area contributed by atoms with Gasteiger partial charge in [0.05, 0.1) is 10.0 Å². The zero-order valence-corrected chi connectivity index (χ0v) is 12.3. The summed E-state index contributed by atoms with van der Waals surface area (Å²) in [5.41, 5.74) is 4.77. The maximum Gasteiger partial charge on any atom is 0.416 e. The molecular formula is C12H14BrClF3NO. The summed E-state index contributed by atoms with van der Waals surface area (Å²) in [6.07, 6.45) is -2.02. The SMILES string of the molecule is Cl.N[C@H](CC1CC1)c1c(C(F)(F)F)ccc(Br)c1O. The smallest absolute Gasteiger partial charge is 0.416 e. The molecule has 2 rings (SSSR count). The molecule has 0 radical (unpaired) electrons. The second-order valence-corrected chi connectivity index (χ2v) is 5.49. The van der Waals surface area contributed by atoms with Crippen LogP contribution in [-0.4, -0.2) is 5.11 Å². The van der Waals surface area contributed by atoms with Crippen molar-refractivity contribution in [2.45, 2.75) is 31.5 Å². The van der Waals surface area contributed by atoms with Gasteiger partial charge in [0.2, 0.25) is 0 Å². The summed E-state index contributed by atoms with van der Waals surface area (Å²) >= 11 is 3.02. The van der Waals surface area contributed by atoms with Crippen LogP contribution in [0.3, 0.4) is 0 Å². The minimum atomic E-state index is -4.51. The van der Waals surface area contributed by atoms with E-state index in [-0.39, 0.29) is 22.4 Å². The second kappa shape index (κ2) is 5.89. The van der Waals surface area contributed by atoms with Crippen LogP contribution in [0.25, 0.3) is 0 Å². The molecule has 0 heterocycles. The standard InChI is InChI=1S/C12H13BrF3NO.ClH/c13-8-4-3-7(12(14,15)16)10(11(8)18)9(17)5-6-1-2-6;/h3-4,6,9,18H,1-2,5,17H2;1H/t9-;/m1./s1. The van der Waals surface area contributed by atoms with Gasteiger partial charge in [-0.1, -0.05) is 12.8 Å². The Morgan fingerprint density at radius 3 is 2.42 bits per heavy atom. The quantitative estimate of drug-likeness (QED) is 0.839. The topological polar surface area (TPSA) is 46.2 Å². The number of benzene rings is 1. The molecule has 0 unspecified atom stereocenters. The number of aromatic hydroxyl groups is 1. The van der Waals surface area contributed by atoms with E-state index in [1.165, 1.54) is 6.07 Å². The normalized spacial score (nSPS) is 16.9. The van der Waals surface area contributed by atoms with Crippen LogP contribution in [0.1, 0.15) is 36.4 Å². The molecular weight excluding hydrogens is 346 g/mol. The zero-order valence-electron chi connectivity index (χ0n) is 9.88. The molecule has 7 heteroatoms. The van der Waals surface area contributed by atoms with Gasteiger partial charge >= 0.3 is 6.18 Å². The summed E-state index contributed by atoms with van der Waals surface area (Å²) in [4.78, 5) is 0. The number of nitrogens with two attached hydrogens (primary N) is 1. The number of halogens is 5. The molecule has 0 bridgehead atoms. The maximum absolute atomic E-state index is 12.9. The van der Waals surface area contributed by atoms with Crippen molar-refractivity contribution in [3.8, 4) is 5.75 Å². The Kier molecular flexibility index (Phi) is 5.15. The summed E-state index contributed by atoms with van der Waals surface area (Å²) in [5.74, 6) is -0.0163. The van der Waals surface area contributed by atoms with Crippen LogP contribution in [0.5, 0.6) is 5.75 Å². The predicted octanol–water partition coefficient (Wildman–Crippen LogP) is 4.40. The number of hydrogen-bond acceptors (Lipinski definition) is 2. The van der Waals surface area contributed by atoms with E-state index in [1.54, 1.807) is 0 Å². The highest BCUT2D eigenvalue weighted by molar-refractivity contribution is 9.10. The zero-order chi connectivity index (χ0) is 13.5. The van der Waals surface area contributed by atoms with Gasteiger partial charge < -0.3 is 10.8 Å². The predicted molar refractivity (Wildman–Crippen MR) is 72.3 cm³/mol. The fourth-order valence-corrected chi connectivity index (χ4v) is 2.38. The van der Waals surface area contributed by atoms with Crippen LogP contribution < -0.4 is 5.73 Å². The van der Waals surface area contributed by atoms with E-state index < -0.39 is 23.5 Å². The number of rotatable bonds is 3. The molecule has 1 aliphatic carbocycles. The Morgan fingerprint density at radius 2 is 1.95 bits per heavy atom. The Bertz CT molecular complexity index is 463. The van der Waals surface area contributed by atoms with Crippen LogP contribution in [0, 0.1) is 5.92 Å². The highest BCUT2D eigenvalue weighted by Gasteiger charge is 2.37. The van der Waals surface area contributed by atoms with Crippen molar-refractivity contribution in [1.29, 1.82) is 0 Å². The molecule has 108 valence electrons. The molecule has 1 aromatic rings. The third-order valence-electron chi connectivity index (χ3n) is 3.13. The van der Waals surface area contributed by atoms with Gasteiger partial charge in [-0.2, -0.15) is 13.2 Å². The molecule has 1 fully saturated rings. The summed E-state index contributed by atoms with van der Waals surface area (Å²) in [6, 6.07) is 1.35. The Balaban J connectivity index is 0.00000180. The van der Waals surface area contributed by atoms with E-state index in [2.05, 4.69) is 15.9 Å². The monoisotopic (exact) mass is 359 g/mol. The lowest BCUT2D eigenvalue weighted by Gasteiger charge is -2.20. The highest BCUT2D eigenvalue weighted by atomic mass is 79.9. The van der Waals surface area contributed by atoms with E-state index in [1.807, 2.05) is 0 Å². The number of phenolic OH excluding ortho intramolecular Hbond substituents is 1. The fourth-order valence-electron chi connectivity index (χ4n) is 2.03. The molecule has 0 saturated heterocycles. The van der Waals surface area contributed by atoms with E-state index in [0.717, 1.165) is 18.9 Å². The van der Waals surface area contributed by atoms with Crippen LogP contribution in [0.15, 0.2) is 16.6 Å². The highest BCUT2D eigenvalue weighted by Crippen LogP contribution is 2.45. The summed E-state index contributed by atoms with van der Waals surface area (Å²) in [6.45, 7) is 0. The van der Waals surface area contributed by atoms with Crippen LogP contribution >= 0.6 is 28.3 Å². The minimum Gasteiger partial charge on any atom is -0.506 e. The van der Waals surface area contributed by atoms with E-state index >= 15 is 0 Å². The summed E-state index contributed by atoms with van der Waals surface area (Å²) < 4.78 is 38.9. The van der Waals surface area contributed by atoms with Gasteiger partial charge in [0.15, 0.2) is 0 Å². The maximum atomic E-state index is 12.9.